The number of rotatable bonds is 6. The maximum absolute atomic E-state index is 10.6. The van der Waals surface area contributed by atoms with Gasteiger partial charge in [0.05, 0.1) is 0 Å². The van der Waals surface area contributed by atoms with Crippen molar-refractivity contribution in [2.75, 3.05) is 6.54 Å². The standard InChI is InChI=1S/C6H11NO3.C6H10O3.C5H11NO.C4H6O3/c1-3-5(7)6(9)10-4(2)8;1-3-4-6(8)9-5(2)7;1-3-4-6-5(2)7;1-3(5)7-4(2)6/h5H,3,7H2,1-2H3;3-4H2,1-2H3;3-4H2,1-2H3,(H,6,7);1-2H3. The minimum Gasteiger partial charge on any atom is -0.394 e. The fraction of sp³-hybridized carbons (Fsp3) is 0.667. The summed E-state index contributed by atoms with van der Waals surface area (Å²) in [5.74, 6) is -3.32. The Morgan fingerprint density at radius 2 is 1.12 bits per heavy atom. The maximum atomic E-state index is 10.6. The third kappa shape index (κ3) is 43.6. The van der Waals surface area contributed by atoms with Gasteiger partial charge in [-0.05, 0) is 19.3 Å². The number of carbonyl (C=O) groups is 7. The minimum absolute atomic E-state index is 0.0573. The lowest BCUT2D eigenvalue weighted by atomic mass is 10.2. The van der Waals surface area contributed by atoms with Gasteiger partial charge in [0.1, 0.15) is 6.04 Å². The van der Waals surface area contributed by atoms with Crippen LogP contribution < -0.4 is 11.1 Å². The molecule has 0 saturated heterocycles. The summed E-state index contributed by atoms with van der Waals surface area (Å²) in [4.78, 5) is 71.0. The van der Waals surface area contributed by atoms with Crippen LogP contribution in [-0.4, -0.2) is 54.3 Å². The molecule has 0 bridgehead atoms. The molecule has 0 fully saturated rings. The fourth-order valence-corrected chi connectivity index (χ4v) is 1.30. The van der Waals surface area contributed by atoms with Crippen LogP contribution in [0.3, 0.4) is 0 Å². The van der Waals surface area contributed by atoms with Crippen molar-refractivity contribution in [2.45, 2.75) is 87.1 Å². The molecule has 0 spiro atoms. The first-order valence-electron chi connectivity index (χ1n) is 10.3. The van der Waals surface area contributed by atoms with Crippen LogP contribution >= 0.6 is 0 Å². The topological polar surface area (TPSA) is 185 Å². The number of hydrogen-bond acceptors (Lipinski definition) is 11. The third-order valence-electron chi connectivity index (χ3n) is 2.61. The molecule has 12 nitrogen and oxygen atoms in total. The Bertz CT molecular complexity index is 621. The number of nitrogens with one attached hydrogen (secondary N) is 1. The Kier molecular flexibility index (Phi) is 28.3. The molecule has 0 aliphatic rings. The monoisotopic (exact) mass is 478 g/mol. The first-order chi connectivity index (χ1) is 15.1. The molecule has 0 aromatic heterocycles. The van der Waals surface area contributed by atoms with Crippen molar-refractivity contribution in [2.24, 2.45) is 5.73 Å². The van der Waals surface area contributed by atoms with Gasteiger partial charge in [-0.25, -0.2) is 4.79 Å². The molecule has 0 aromatic carbocycles. The molecule has 0 aliphatic heterocycles. The highest BCUT2D eigenvalue weighted by atomic mass is 16.6. The Hall–Kier alpha value is -3.15. The molecule has 192 valence electrons. The highest BCUT2D eigenvalue weighted by Gasteiger charge is 2.13. The van der Waals surface area contributed by atoms with E-state index in [0.29, 0.717) is 19.3 Å². The van der Waals surface area contributed by atoms with E-state index >= 15 is 0 Å². The highest BCUT2D eigenvalue weighted by molar-refractivity contribution is 5.87. The van der Waals surface area contributed by atoms with Crippen LogP contribution in [0.4, 0.5) is 0 Å². The zero-order valence-electron chi connectivity index (χ0n) is 20.8. The van der Waals surface area contributed by atoms with Gasteiger partial charge in [-0.3, -0.25) is 28.8 Å². The third-order valence-corrected chi connectivity index (χ3v) is 2.61. The Labute approximate surface area is 194 Å². The van der Waals surface area contributed by atoms with E-state index in [-0.39, 0.29) is 5.91 Å². The van der Waals surface area contributed by atoms with E-state index in [4.69, 9.17) is 5.73 Å². The molecular weight excluding hydrogens is 440 g/mol. The average molecular weight is 479 g/mol. The largest absolute Gasteiger partial charge is 0.394 e. The van der Waals surface area contributed by atoms with Crippen molar-refractivity contribution in [3.8, 4) is 0 Å². The molecule has 1 atom stereocenters. The van der Waals surface area contributed by atoms with Gasteiger partial charge < -0.3 is 25.3 Å². The Morgan fingerprint density at radius 1 is 0.697 bits per heavy atom. The lowest BCUT2D eigenvalue weighted by Gasteiger charge is -2.04. The van der Waals surface area contributed by atoms with Gasteiger partial charge in [-0.1, -0.05) is 20.8 Å². The smallest absolute Gasteiger partial charge is 0.330 e. The van der Waals surface area contributed by atoms with E-state index in [1.54, 1.807) is 6.92 Å². The fourth-order valence-electron chi connectivity index (χ4n) is 1.30. The predicted octanol–water partition coefficient (Wildman–Crippen LogP) is 1.32. The predicted molar refractivity (Wildman–Crippen MR) is 118 cm³/mol. The molecule has 1 amide bonds. The lowest BCUT2D eigenvalue weighted by Crippen LogP contribution is -2.32. The second-order valence-corrected chi connectivity index (χ2v) is 6.21. The van der Waals surface area contributed by atoms with Crippen molar-refractivity contribution in [1.29, 1.82) is 0 Å². The van der Waals surface area contributed by atoms with Gasteiger partial charge in [-0.2, -0.15) is 0 Å². The second kappa shape index (κ2) is 25.1. The van der Waals surface area contributed by atoms with E-state index in [2.05, 4.69) is 19.5 Å². The molecule has 0 saturated carbocycles. The molecule has 3 N–H and O–H groups in total. The summed E-state index contributed by atoms with van der Waals surface area (Å²) in [6, 6.07) is -0.677. The normalized spacial score (nSPS) is 9.48. The Morgan fingerprint density at radius 3 is 1.33 bits per heavy atom. The number of hydrogen-bond donors (Lipinski definition) is 2. The van der Waals surface area contributed by atoms with Crippen molar-refractivity contribution >= 4 is 41.7 Å². The van der Waals surface area contributed by atoms with E-state index in [1.807, 2.05) is 13.8 Å². The zero-order chi connectivity index (χ0) is 27.0. The summed E-state index contributed by atoms with van der Waals surface area (Å²) in [6.45, 7) is 12.7. The van der Waals surface area contributed by atoms with E-state index in [1.165, 1.54) is 34.6 Å². The van der Waals surface area contributed by atoms with Crippen LogP contribution in [0.1, 0.15) is 81.1 Å². The molecule has 0 aromatic rings. The number of nitrogens with two attached hydrogens (primary N) is 1. The van der Waals surface area contributed by atoms with Gasteiger partial charge in [-0.15, -0.1) is 0 Å². The average Bonchev–Trinajstić information content (AvgIpc) is 2.65. The lowest BCUT2D eigenvalue weighted by molar-refractivity contribution is -0.160. The van der Waals surface area contributed by atoms with Gasteiger partial charge >= 0.3 is 35.8 Å². The van der Waals surface area contributed by atoms with Crippen molar-refractivity contribution in [3.05, 3.63) is 0 Å². The second-order valence-electron chi connectivity index (χ2n) is 6.21. The zero-order valence-corrected chi connectivity index (χ0v) is 20.8. The summed E-state index contributed by atoms with van der Waals surface area (Å²) in [6.07, 6.45) is 2.53. The molecule has 0 radical (unpaired) electrons. The van der Waals surface area contributed by atoms with Crippen LogP contribution in [0, 0.1) is 0 Å². The van der Waals surface area contributed by atoms with E-state index in [9.17, 15) is 33.6 Å². The molecule has 0 aliphatic carbocycles. The molecule has 1 unspecified atom stereocenters. The number of ether oxygens (including phenoxy) is 3. The van der Waals surface area contributed by atoms with Crippen LogP contribution in [0.2, 0.25) is 0 Å². The SMILES string of the molecule is CC(=O)OC(C)=O.CCC(N)C(=O)OC(C)=O.CCCC(=O)OC(C)=O.CCCNC(C)=O. The van der Waals surface area contributed by atoms with Crippen LogP contribution in [-0.2, 0) is 47.8 Å². The van der Waals surface area contributed by atoms with E-state index < -0.39 is 41.9 Å². The number of esters is 6. The number of amides is 1. The van der Waals surface area contributed by atoms with Crippen LogP contribution in [0.25, 0.3) is 0 Å². The molecular formula is C21H38N2O10. The van der Waals surface area contributed by atoms with Gasteiger partial charge in [0.25, 0.3) is 0 Å². The first kappa shape index (κ1) is 37.2. The molecule has 33 heavy (non-hydrogen) atoms. The van der Waals surface area contributed by atoms with Gasteiger partial charge in [0, 0.05) is 47.6 Å². The summed E-state index contributed by atoms with van der Waals surface area (Å²) in [5.41, 5.74) is 5.24. The first-order valence-corrected chi connectivity index (χ1v) is 10.3. The van der Waals surface area contributed by atoms with Crippen molar-refractivity contribution in [1.82, 2.24) is 5.32 Å². The minimum atomic E-state index is -0.677. The van der Waals surface area contributed by atoms with Crippen LogP contribution in [0.5, 0.6) is 0 Å². The Balaban J connectivity index is -0.000000172. The molecule has 0 heterocycles. The summed E-state index contributed by atoms with van der Waals surface area (Å²) in [7, 11) is 0. The van der Waals surface area contributed by atoms with Crippen LogP contribution in [0.15, 0.2) is 0 Å². The quantitative estimate of drug-likeness (QED) is 0.318. The van der Waals surface area contributed by atoms with E-state index in [0.717, 1.165) is 13.0 Å². The molecule has 12 heteroatoms. The molecule has 0 rings (SSSR count). The summed E-state index contributed by atoms with van der Waals surface area (Å²) in [5, 5.41) is 2.66. The highest BCUT2D eigenvalue weighted by Crippen LogP contribution is 1.91. The number of carbonyl (C=O) groups excluding carboxylic acids is 7. The maximum Gasteiger partial charge on any atom is 0.330 e. The van der Waals surface area contributed by atoms with Crippen molar-refractivity contribution < 1.29 is 47.8 Å². The van der Waals surface area contributed by atoms with Crippen molar-refractivity contribution in [3.63, 3.8) is 0 Å². The van der Waals surface area contributed by atoms with Gasteiger partial charge in [0.2, 0.25) is 5.91 Å². The van der Waals surface area contributed by atoms with Gasteiger partial charge in [0.15, 0.2) is 0 Å². The summed E-state index contributed by atoms with van der Waals surface area (Å²) < 4.78 is 12.4. The summed E-state index contributed by atoms with van der Waals surface area (Å²) >= 11 is 0.